The molecule has 29 heavy (non-hydrogen) atoms. The van der Waals surface area contributed by atoms with Gasteiger partial charge < -0.3 is 28.4 Å². The Morgan fingerprint density at radius 3 is 1.55 bits per heavy atom. The van der Waals surface area contributed by atoms with E-state index >= 15 is 0 Å². The van der Waals surface area contributed by atoms with Crippen molar-refractivity contribution >= 4 is 5.69 Å². The first kappa shape index (κ1) is 20.7. The van der Waals surface area contributed by atoms with E-state index in [0.29, 0.717) is 56.9 Å². The van der Waals surface area contributed by atoms with E-state index in [2.05, 4.69) is 0 Å². The SMILES string of the molecule is O=[N+]([O-])c1ccc2c(c1)OCCOCCOc1ccccc1OCCOCCO2. The van der Waals surface area contributed by atoms with Crippen molar-refractivity contribution in [2.45, 2.75) is 0 Å². The maximum atomic E-state index is 11.0. The zero-order chi connectivity index (χ0) is 20.3. The van der Waals surface area contributed by atoms with E-state index < -0.39 is 4.92 Å². The quantitative estimate of drug-likeness (QED) is 0.528. The average Bonchev–Trinajstić information content (AvgIpc) is 2.73. The molecular formula is C20H23NO8. The largest absolute Gasteiger partial charge is 0.487 e. The Morgan fingerprint density at radius 1 is 0.621 bits per heavy atom. The molecule has 0 unspecified atom stereocenters. The fraction of sp³-hybridized carbons (Fsp3) is 0.400. The number of rotatable bonds is 1. The van der Waals surface area contributed by atoms with Crippen molar-refractivity contribution in [2.75, 3.05) is 52.9 Å². The molecule has 0 amide bonds. The van der Waals surface area contributed by atoms with Crippen LogP contribution in [0, 0.1) is 10.1 Å². The van der Waals surface area contributed by atoms with E-state index in [9.17, 15) is 10.1 Å². The number of ether oxygens (including phenoxy) is 6. The molecule has 9 heteroatoms. The van der Waals surface area contributed by atoms with Crippen LogP contribution in [-0.4, -0.2) is 57.8 Å². The molecule has 9 nitrogen and oxygen atoms in total. The molecule has 0 fully saturated rings. The summed E-state index contributed by atoms with van der Waals surface area (Å²) in [6.07, 6.45) is 0. The van der Waals surface area contributed by atoms with E-state index in [1.807, 2.05) is 24.3 Å². The summed E-state index contributed by atoms with van der Waals surface area (Å²) in [5, 5.41) is 11.0. The molecular weight excluding hydrogens is 382 g/mol. The standard InChI is InChI=1S/C20H23NO8/c22-21(23)16-5-6-19-20(15-16)29-14-10-25-8-12-27-18-4-2-1-3-17(18)26-11-7-24-9-13-28-19/h1-6,15H,7-14H2. The first-order chi connectivity index (χ1) is 14.2. The van der Waals surface area contributed by atoms with Crippen LogP contribution in [-0.2, 0) is 9.47 Å². The highest BCUT2D eigenvalue weighted by Crippen LogP contribution is 2.31. The lowest BCUT2D eigenvalue weighted by molar-refractivity contribution is -0.385. The van der Waals surface area contributed by atoms with Crippen molar-refractivity contribution in [1.29, 1.82) is 0 Å². The van der Waals surface area contributed by atoms with Crippen LogP contribution in [0.5, 0.6) is 23.0 Å². The molecule has 0 N–H and O–H groups in total. The van der Waals surface area contributed by atoms with Gasteiger partial charge >= 0.3 is 0 Å². The molecule has 1 aliphatic heterocycles. The Balaban J connectivity index is 1.61. The topological polar surface area (TPSA) is 98.5 Å². The number of nitro groups is 1. The van der Waals surface area contributed by atoms with Crippen molar-refractivity contribution in [3.8, 4) is 23.0 Å². The summed E-state index contributed by atoms with van der Waals surface area (Å²) in [5.74, 6) is 1.98. The number of nitrogens with zero attached hydrogens (tertiary/aromatic N) is 1. The molecule has 3 rings (SSSR count). The Morgan fingerprint density at radius 2 is 1.07 bits per heavy atom. The highest BCUT2D eigenvalue weighted by atomic mass is 16.6. The van der Waals surface area contributed by atoms with Gasteiger partial charge in [0.05, 0.1) is 37.4 Å². The molecule has 156 valence electrons. The van der Waals surface area contributed by atoms with Gasteiger partial charge in [0, 0.05) is 6.07 Å². The highest BCUT2D eigenvalue weighted by Gasteiger charge is 2.13. The van der Waals surface area contributed by atoms with Gasteiger partial charge in [-0.25, -0.2) is 0 Å². The molecule has 0 aliphatic carbocycles. The van der Waals surface area contributed by atoms with Crippen molar-refractivity contribution in [3.05, 3.63) is 52.6 Å². The molecule has 2 aromatic carbocycles. The molecule has 1 heterocycles. The Kier molecular flexibility index (Phi) is 7.90. The van der Waals surface area contributed by atoms with Gasteiger partial charge in [-0.2, -0.15) is 0 Å². The van der Waals surface area contributed by atoms with Crippen molar-refractivity contribution in [3.63, 3.8) is 0 Å². The zero-order valence-corrected chi connectivity index (χ0v) is 15.9. The van der Waals surface area contributed by atoms with Gasteiger partial charge in [0.25, 0.3) is 5.69 Å². The van der Waals surface area contributed by atoms with Gasteiger partial charge in [0.2, 0.25) is 0 Å². The van der Waals surface area contributed by atoms with E-state index in [1.165, 1.54) is 18.2 Å². The lowest BCUT2D eigenvalue weighted by Crippen LogP contribution is -2.15. The summed E-state index contributed by atoms with van der Waals surface area (Å²) in [4.78, 5) is 10.5. The van der Waals surface area contributed by atoms with Crippen molar-refractivity contribution in [2.24, 2.45) is 0 Å². The van der Waals surface area contributed by atoms with Crippen molar-refractivity contribution < 1.29 is 33.3 Å². The first-order valence-electron chi connectivity index (χ1n) is 9.28. The molecule has 0 spiro atoms. The summed E-state index contributed by atoms with van der Waals surface area (Å²) >= 11 is 0. The predicted molar refractivity (Wildman–Crippen MR) is 103 cm³/mol. The number of non-ortho nitro benzene ring substituents is 1. The maximum Gasteiger partial charge on any atom is 0.273 e. The van der Waals surface area contributed by atoms with Gasteiger partial charge in [0.1, 0.15) is 26.4 Å². The smallest absolute Gasteiger partial charge is 0.273 e. The van der Waals surface area contributed by atoms with E-state index in [-0.39, 0.29) is 24.7 Å². The normalized spacial score (nSPS) is 16.3. The minimum Gasteiger partial charge on any atom is -0.487 e. The second-order valence-corrected chi connectivity index (χ2v) is 5.95. The third-order valence-electron chi connectivity index (χ3n) is 3.93. The first-order valence-corrected chi connectivity index (χ1v) is 9.28. The minimum absolute atomic E-state index is 0.0733. The van der Waals surface area contributed by atoms with Crippen LogP contribution >= 0.6 is 0 Å². The van der Waals surface area contributed by atoms with Crippen molar-refractivity contribution in [1.82, 2.24) is 0 Å². The van der Waals surface area contributed by atoms with Crippen LogP contribution in [0.15, 0.2) is 42.5 Å². The fourth-order valence-corrected chi connectivity index (χ4v) is 2.58. The summed E-state index contributed by atoms with van der Waals surface area (Å²) in [7, 11) is 0. The number of fused-ring (bicyclic) bond motifs is 2. The van der Waals surface area contributed by atoms with Crippen LogP contribution < -0.4 is 18.9 Å². The van der Waals surface area contributed by atoms with Crippen LogP contribution in [0.1, 0.15) is 0 Å². The van der Waals surface area contributed by atoms with Gasteiger partial charge in [-0.05, 0) is 18.2 Å². The highest BCUT2D eigenvalue weighted by molar-refractivity contribution is 5.48. The molecule has 0 bridgehead atoms. The zero-order valence-electron chi connectivity index (χ0n) is 15.9. The maximum absolute atomic E-state index is 11.0. The molecule has 0 saturated heterocycles. The molecule has 0 atom stereocenters. The van der Waals surface area contributed by atoms with Gasteiger partial charge in [0.15, 0.2) is 23.0 Å². The second kappa shape index (κ2) is 11.1. The lowest BCUT2D eigenvalue weighted by Gasteiger charge is -2.15. The Bertz CT molecular complexity index is 798. The minimum atomic E-state index is -0.482. The Hall–Kier alpha value is -3.04. The molecule has 2 aromatic rings. The van der Waals surface area contributed by atoms with Crippen LogP contribution in [0.2, 0.25) is 0 Å². The molecule has 1 aliphatic rings. The van der Waals surface area contributed by atoms with Crippen LogP contribution in [0.3, 0.4) is 0 Å². The van der Waals surface area contributed by atoms with Crippen LogP contribution in [0.25, 0.3) is 0 Å². The number of benzene rings is 2. The number of nitro benzene ring substituents is 1. The van der Waals surface area contributed by atoms with E-state index in [1.54, 1.807) is 0 Å². The van der Waals surface area contributed by atoms with Crippen LogP contribution in [0.4, 0.5) is 5.69 Å². The van der Waals surface area contributed by atoms with E-state index in [0.717, 1.165) is 0 Å². The summed E-state index contributed by atoms with van der Waals surface area (Å²) < 4.78 is 33.7. The monoisotopic (exact) mass is 405 g/mol. The number of hydrogen-bond acceptors (Lipinski definition) is 8. The van der Waals surface area contributed by atoms with Gasteiger partial charge in [-0.1, -0.05) is 12.1 Å². The molecule has 0 aromatic heterocycles. The van der Waals surface area contributed by atoms with Gasteiger partial charge in [-0.3, -0.25) is 10.1 Å². The third-order valence-corrected chi connectivity index (χ3v) is 3.93. The Labute approximate surface area is 168 Å². The number of para-hydroxylation sites is 2. The summed E-state index contributed by atoms with van der Waals surface area (Å²) in [6, 6.07) is 11.6. The predicted octanol–water partition coefficient (Wildman–Crippen LogP) is 2.86. The lowest BCUT2D eigenvalue weighted by atomic mass is 10.3. The molecule has 0 saturated carbocycles. The molecule has 0 radical (unpaired) electrons. The summed E-state index contributed by atoms with van der Waals surface area (Å²) in [5.41, 5.74) is -0.0733. The second-order valence-electron chi connectivity index (χ2n) is 5.95. The fourth-order valence-electron chi connectivity index (χ4n) is 2.58. The number of hydrogen-bond donors (Lipinski definition) is 0. The van der Waals surface area contributed by atoms with E-state index in [4.69, 9.17) is 28.4 Å². The summed E-state index contributed by atoms with van der Waals surface area (Å²) in [6.45, 7) is 2.57. The third kappa shape index (κ3) is 6.51. The average molecular weight is 405 g/mol. The van der Waals surface area contributed by atoms with Gasteiger partial charge in [-0.15, -0.1) is 0 Å².